The van der Waals surface area contributed by atoms with E-state index in [4.69, 9.17) is 5.73 Å². The van der Waals surface area contributed by atoms with Gasteiger partial charge in [0.05, 0.1) is 5.54 Å². The summed E-state index contributed by atoms with van der Waals surface area (Å²) < 4.78 is 0. The molecular formula is C15H23N3O. The SMILES string of the molecule is Cc1ccc(C)c(N2C(CN)C(=O)NCC2(C)C)c1. The third-order valence-corrected chi connectivity index (χ3v) is 3.81. The zero-order chi connectivity index (χ0) is 14.2. The maximum atomic E-state index is 12.1. The molecule has 1 atom stereocenters. The maximum Gasteiger partial charge on any atom is 0.244 e. The summed E-state index contributed by atoms with van der Waals surface area (Å²) in [7, 11) is 0. The number of amides is 1. The van der Waals surface area contributed by atoms with Crippen LogP contribution in [0, 0.1) is 13.8 Å². The van der Waals surface area contributed by atoms with Crippen molar-refractivity contribution in [1.82, 2.24) is 5.32 Å². The average molecular weight is 261 g/mol. The van der Waals surface area contributed by atoms with Crippen molar-refractivity contribution < 1.29 is 4.79 Å². The van der Waals surface area contributed by atoms with Crippen molar-refractivity contribution in [2.24, 2.45) is 5.73 Å². The maximum absolute atomic E-state index is 12.1. The van der Waals surface area contributed by atoms with Crippen molar-refractivity contribution in [3.8, 4) is 0 Å². The fourth-order valence-corrected chi connectivity index (χ4v) is 2.73. The number of rotatable bonds is 2. The third kappa shape index (κ3) is 2.45. The lowest BCUT2D eigenvalue weighted by Crippen LogP contribution is -2.68. The molecule has 3 N–H and O–H groups in total. The molecule has 0 saturated carbocycles. The van der Waals surface area contributed by atoms with Gasteiger partial charge in [-0.3, -0.25) is 4.79 Å². The summed E-state index contributed by atoms with van der Waals surface area (Å²) in [6, 6.07) is 6.02. The van der Waals surface area contributed by atoms with E-state index in [1.165, 1.54) is 11.1 Å². The Kier molecular flexibility index (Phi) is 3.54. The smallest absolute Gasteiger partial charge is 0.244 e. The second-order valence-electron chi connectivity index (χ2n) is 5.94. The summed E-state index contributed by atoms with van der Waals surface area (Å²) in [6.45, 7) is 9.37. The number of nitrogens with one attached hydrogen (secondary N) is 1. The number of nitrogens with two attached hydrogens (primary N) is 1. The zero-order valence-electron chi connectivity index (χ0n) is 12.2. The number of hydrogen-bond donors (Lipinski definition) is 2. The number of carbonyl (C=O) groups excluding carboxylic acids is 1. The fraction of sp³-hybridized carbons (Fsp3) is 0.533. The molecule has 4 nitrogen and oxygen atoms in total. The highest BCUT2D eigenvalue weighted by Gasteiger charge is 2.41. The third-order valence-electron chi connectivity index (χ3n) is 3.81. The van der Waals surface area contributed by atoms with Gasteiger partial charge in [-0.25, -0.2) is 0 Å². The summed E-state index contributed by atoms with van der Waals surface area (Å²) in [6.07, 6.45) is 0. The lowest BCUT2D eigenvalue weighted by Gasteiger charge is -2.49. The van der Waals surface area contributed by atoms with Gasteiger partial charge in [0.15, 0.2) is 0 Å². The minimum atomic E-state index is -0.302. The Morgan fingerprint density at radius 2 is 2.11 bits per heavy atom. The number of benzene rings is 1. The second-order valence-corrected chi connectivity index (χ2v) is 5.94. The summed E-state index contributed by atoms with van der Waals surface area (Å²) in [5, 5.41) is 2.95. The first-order valence-electron chi connectivity index (χ1n) is 6.71. The van der Waals surface area contributed by atoms with Gasteiger partial charge in [-0.15, -0.1) is 0 Å². The van der Waals surface area contributed by atoms with E-state index in [1.54, 1.807) is 0 Å². The Morgan fingerprint density at radius 1 is 1.42 bits per heavy atom. The van der Waals surface area contributed by atoms with E-state index in [1.807, 2.05) is 0 Å². The largest absolute Gasteiger partial charge is 0.352 e. The van der Waals surface area contributed by atoms with E-state index in [2.05, 4.69) is 56.1 Å². The molecule has 4 heteroatoms. The molecule has 1 aliphatic heterocycles. The van der Waals surface area contributed by atoms with Crippen LogP contribution in [-0.4, -0.2) is 30.6 Å². The minimum absolute atomic E-state index is 0.0164. The lowest BCUT2D eigenvalue weighted by molar-refractivity contribution is -0.124. The molecule has 1 saturated heterocycles. The van der Waals surface area contributed by atoms with Gasteiger partial charge in [0, 0.05) is 18.8 Å². The van der Waals surface area contributed by atoms with Gasteiger partial charge < -0.3 is 16.0 Å². The van der Waals surface area contributed by atoms with E-state index < -0.39 is 0 Å². The molecule has 1 aromatic rings. The molecule has 0 spiro atoms. The first-order valence-corrected chi connectivity index (χ1v) is 6.71. The summed E-state index contributed by atoms with van der Waals surface area (Å²) >= 11 is 0. The Hall–Kier alpha value is -1.55. The van der Waals surface area contributed by atoms with Gasteiger partial charge >= 0.3 is 0 Å². The minimum Gasteiger partial charge on any atom is -0.352 e. The molecule has 0 bridgehead atoms. The number of hydrogen-bond acceptors (Lipinski definition) is 3. The van der Waals surface area contributed by atoms with Crippen molar-refractivity contribution in [3.63, 3.8) is 0 Å². The van der Waals surface area contributed by atoms with Crippen LogP contribution >= 0.6 is 0 Å². The normalized spacial score (nSPS) is 22.3. The van der Waals surface area contributed by atoms with Gasteiger partial charge in [-0.05, 0) is 44.9 Å². The number of anilines is 1. The number of carbonyl (C=O) groups is 1. The Labute approximate surface area is 115 Å². The molecule has 1 unspecified atom stereocenters. The van der Waals surface area contributed by atoms with Gasteiger partial charge in [0.1, 0.15) is 6.04 Å². The van der Waals surface area contributed by atoms with Crippen LogP contribution in [0.15, 0.2) is 18.2 Å². The quantitative estimate of drug-likeness (QED) is 0.845. The molecule has 0 aromatic heterocycles. The van der Waals surface area contributed by atoms with Crippen molar-refractivity contribution in [2.45, 2.75) is 39.3 Å². The molecule has 1 aromatic carbocycles. The van der Waals surface area contributed by atoms with Crippen LogP contribution in [0.1, 0.15) is 25.0 Å². The lowest BCUT2D eigenvalue weighted by atomic mass is 9.93. The van der Waals surface area contributed by atoms with Crippen LogP contribution in [0.3, 0.4) is 0 Å². The van der Waals surface area contributed by atoms with Gasteiger partial charge in [-0.1, -0.05) is 12.1 Å². The topological polar surface area (TPSA) is 58.4 Å². The molecule has 1 fully saturated rings. The summed E-state index contributed by atoms with van der Waals surface area (Å²) in [4.78, 5) is 14.2. The van der Waals surface area contributed by atoms with Gasteiger partial charge in [0.2, 0.25) is 5.91 Å². The number of aryl methyl sites for hydroxylation is 2. The van der Waals surface area contributed by atoms with E-state index in [0.717, 1.165) is 5.69 Å². The van der Waals surface area contributed by atoms with Crippen LogP contribution in [0.2, 0.25) is 0 Å². The van der Waals surface area contributed by atoms with E-state index in [-0.39, 0.29) is 17.5 Å². The molecule has 1 amide bonds. The highest BCUT2D eigenvalue weighted by molar-refractivity contribution is 5.88. The molecule has 2 rings (SSSR count). The van der Waals surface area contributed by atoms with Crippen LogP contribution < -0.4 is 16.0 Å². The van der Waals surface area contributed by atoms with Gasteiger partial charge in [-0.2, -0.15) is 0 Å². The highest BCUT2D eigenvalue weighted by Crippen LogP contribution is 2.32. The predicted molar refractivity (Wildman–Crippen MR) is 78.3 cm³/mol. The fourth-order valence-electron chi connectivity index (χ4n) is 2.73. The van der Waals surface area contributed by atoms with Crippen LogP contribution in [0.25, 0.3) is 0 Å². The summed E-state index contributed by atoms with van der Waals surface area (Å²) in [5.74, 6) is 0.0164. The highest BCUT2D eigenvalue weighted by atomic mass is 16.2. The van der Waals surface area contributed by atoms with Crippen molar-refractivity contribution >= 4 is 11.6 Å². The molecule has 0 radical (unpaired) electrons. The van der Waals surface area contributed by atoms with E-state index >= 15 is 0 Å². The van der Waals surface area contributed by atoms with Crippen LogP contribution in [-0.2, 0) is 4.79 Å². The van der Waals surface area contributed by atoms with E-state index in [9.17, 15) is 4.79 Å². The first-order chi connectivity index (χ1) is 8.86. The Morgan fingerprint density at radius 3 is 2.74 bits per heavy atom. The standard InChI is InChI=1S/C15H23N3O/c1-10-5-6-11(2)12(7-10)18-13(8-16)14(19)17-9-15(18,3)4/h5-7,13H,8-9,16H2,1-4H3,(H,17,19). The predicted octanol–water partition coefficient (Wildman–Crippen LogP) is 1.35. The number of nitrogens with zero attached hydrogens (tertiary/aromatic N) is 1. The first kappa shape index (κ1) is 13.9. The van der Waals surface area contributed by atoms with Crippen LogP contribution in [0.4, 0.5) is 5.69 Å². The van der Waals surface area contributed by atoms with Crippen molar-refractivity contribution in [1.29, 1.82) is 0 Å². The molecule has 1 heterocycles. The van der Waals surface area contributed by atoms with Crippen molar-refractivity contribution in [3.05, 3.63) is 29.3 Å². The molecular weight excluding hydrogens is 238 g/mol. The summed E-state index contributed by atoms with van der Waals surface area (Å²) in [5.41, 5.74) is 9.16. The monoisotopic (exact) mass is 261 g/mol. The number of piperazine rings is 1. The van der Waals surface area contributed by atoms with Gasteiger partial charge in [0.25, 0.3) is 0 Å². The molecule has 0 aliphatic carbocycles. The molecule has 104 valence electrons. The Bertz CT molecular complexity index is 496. The molecule has 19 heavy (non-hydrogen) atoms. The van der Waals surface area contributed by atoms with Crippen LogP contribution in [0.5, 0.6) is 0 Å². The Balaban J connectivity index is 2.53. The van der Waals surface area contributed by atoms with E-state index in [0.29, 0.717) is 13.1 Å². The second kappa shape index (κ2) is 4.85. The average Bonchev–Trinajstić information content (AvgIpc) is 2.35. The molecule has 1 aliphatic rings. The van der Waals surface area contributed by atoms with Crippen molar-refractivity contribution in [2.75, 3.05) is 18.0 Å². The zero-order valence-corrected chi connectivity index (χ0v) is 12.2.